The lowest BCUT2D eigenvalue weighted by Crippen LogP contribution is -2.32. The third-order valence-electron chi connectivity index (χ3n) is 2.38. The van der Waals surface area contributed by atoms with Crippen LogP contribution in [0.2, 0.25) is 0 Å². The van der Waals surface area contributed by atoms with Crippen LogP contribution in [-0.4, -0.2) is 29.3 Å². The number of rotatable bonds is 5. The lowest BCUT2D eigenvalue weighted by molar-refractivity contribution is 0.0697. The Kier molecular flexibility index (Phi) is 3.91. The molecule has 0 radical (unpaired) electrons. The molecule has 1 unspecified atom stereocenters. The van der Waals surface area contributed by atoms with E-state index in [0.29, 0.717) is 18.8 Å². The Morgan fingerprint density at radius 3 is 2.73 bits per heavy atom. The number of aromatic nitrogens is 1. The maximum Gasteiger partial charge on any atom is 0.213 e. The van der Waals surface area contributed by atoms with Gasteiger partial charge in [-0.2, -0.15) is 0 Å². The fraction of sp³-hybridized carbons (Fsp3) is 0.545. The number of aliphatic hydroxyl groups is 1. The molecule has 0 aliphatic heterocycles. The molecular weight excluding hydrogens is 192 g/mol. The minimum atomic E-state index is -0.681. The number of anilines is 1. The smallest absolute Gasteiger partial charge is 0.213 e. The minimum absolute atomic E-state index is 0.511. The van der Waals surface area contributed by atoms with Crippen molar-refractivity contribution in [2.24, 2.45) is 0 Å². The van der Waals surface area contributed by atoms with Crippen LogP contribution in [0.4, 0.5) is 5.69 Å². The first-order valence-corrected chi connectivity index (χ1v) is 5.03. The first-order valence-electron chi connectivity index (χ1n) is 5.03. The highest BCUT2D eigenvalue weighted by Gasteiger charge is 2.16. The van der Waals surface area contributed by atoms with Gasteiger partial charge in [0.1, 0.15) is 0 Å². The summed E-state index contributed by atoms with van der Waals surface area (Å²) < 4.78 is 4.95. The van der Waals surface area contributed by atoms with E-state index in [-0.39, 0.29) is 0 Å². The molecule has 0 spiro atoms. The third kappa shape index (κ3) is 3.75. The molecule has 0 amide bonds. The molecule has 15 heavy (non-hydrogen) atoms. The van der Waals surface area contributed by atoms with Gasteiger partial charge in [-0.05, 0) is 19.4 Å². The highest BCUT2D eigenvalue weighted by atomic mass is 16.5. The van der Waals surface area contributed by atoms with Gasteiger partial charge < -0.3 is 15.2 Å². The first kappa shape index (κ1) is 11.8. The first-order chi connectivity index (χ1) is 7.07. The molecule has 0 aliphatic carbocycles. The van der Waals surface area contributed by atoms with Crippen LogP contribution in [0, 0.1) is 0 Å². The second kappa shape index (κ2) is 4.98. The quantitative estimate of drug-likeness (QED) is 0.776. The van der Waals surface area contributed by atoms with E-state index in [4.69, 9.17) is 4.74 Å². The molecule has 4 nitrogen and oxygen atoms in total. The largest absolute Gasteiger partial charge is 0.481 e. The molecule has 0 fully saturated rings. The molecule has 4 heteroatoms. The van der Waals surface area contributed by atoms with Crippen molar-refractivity contribution in [1.29, 1.82) is 0 Å². The van der Waals surface area contributed by atoms with Crippen LogP contribution in [0.5, 0.6) is 5.88 Å². The van der Waals surface area contributed by atoms with E-state index in [9.17, 15) is 5.11 Å². The Bertz CT molecular complexity index is 296. The van der Waals surface area contributed by atoms with Crippen molar-refractivity contribution < 1.29 is 9.84 Å². The molecule has 0 aliphatic rings. The van der Waals surface area contributed by atoms with Crippen molar-refractivity contribution in [3.05, 3.63) is 18.3 Å². The summed E-state index contributed by atoms with van der Waals surface area (Å²) in [6.45, 7) is 4.27. The summed E-state index contributed by atoms with van der Waals surface area (Å²) in [7, 11) is 1.58. The normalized spacial score (nSPS) is 14.4. The van der Waals surface area contributed by atoms with Crippen molar-refractivity contribution >= 4 is 5.69 Å². The van der Waals surface area contributed by atoms with E-state index < -0.39 is 5.60 Å². The summed E-state index contributed by atoms with van der Waals surface area (Å²) in [4.78, 5) is 4.06. The average molecular weight is 210 g/mol. The number of hydrogen-bond donors (Lipinski definition) is 2. The van der Waals surface area contributed by atoms with E-state index in [0.717, 1.165) is 5.69 Å². The maximum absolute atomic E-state index is 9.78. The molecule has 2 N–H and O–H groups in total. The minimum Gasteiger partial charge on any atom is -0.481 e. The highest BCUT2D eigenvalue weighted by Crippen LogP contribution is 2.13. The van der Waals surface area contributed by atoms with Crippen LogP contribution in [0.25, 0.3) is 0 Å². The van der Waals surface area contributed by atoms with E-state index in [1.807, 2.05) is 13.0 Å². The second-order valence-electron chi connectivity index (χ2n) is 3.79. The molecule has 84 valence electrons. The predicted octanol–water partition coefficient (Wildman–Crippen LogP) is 1.66. The zero-order chi connectivity index (χ0) is 11.3. The van der Waals surface area contributed by atoms with Gasteiger partial charge in [-0.15, -0.1) is 0 Å². The Labute approximate surface area is 90.3 Å². The number of nitrogens with one attached hydrogen (secondary N) is 1. The summed E-state index contributed by atoms with van der Waals surface area (Å²) in [6.07, 6.45) is 2.40. The third-order valence-corrected chi connectivity index (χ3v) is 2.38. The molecular formula is C11H18N2O2. The molecule has 0 aromatic carbocycles. The van der Waals surface area contributed by atoms with Crippen molar-refractivity contribution in [2.75, 3.05) is 19.0 Å². The van der Waals surface area contributed by atoms with Crippen molar-refractivity contribution in [2.45, 2.75) is 25.9 Å². The van der Waals surface area contributed by atoms with Gasteiger partial charge in [0.25, 0.3) is 0 Å². The number of hydrogen-bond acceptors (Lipinski definition) is 4. The van der Waals surface area contributed by atoms with Crippen LogP contribution in [0.15, 0.2) is 18.3 Å². The van der Waals surface area contributed by atoms with Crippen LogP contribution >= 0.6 is 0 Å². The second-order valence-corrected chi connectivity index (χ2v) is 3.79. The van der Waals surface area contributed by atoms with Crippen molar-refractivity contribution in [3.8, 4) is 5.88 Å². The van der Waals surface area contributed by atoms with Crippen LogP contribution in [-0.2, 0) is 0 Å². The van der Waals surface area contributed by atoms with E-state index in [1.165, 1.54) is 0 Å². The molecule has 0 saturated carbocycles. The fourth-order valence-electron chi connectivity index (χ4n) is 1.02. The summed E-state index contributed by atoms with van der Waals surface area (Å²) in [5.74, 6) is 0.586. The van der Waals surface area contributed by atoms with Gasteiger partial charge in [0.15, 0.2) is 0 Å². The fourth-order valence-corrected chi connectivity index (χ4v) is 1.02. The van der Waals surface area contributed by atoms with Crippen molar-refractivity contribution in [3.63, 3.8) is 0 Å². The number of pyridine rings is 1. The van der Waals surface area contributed by atoms with Gasteiger partial charge in [0, 0.05) is 12.6 Å². The zero-order valence-corrected chi connectivity index (χ0v) is 9.45. The Hall–Kier alpha value is -1.29. The molecule has 1 aromatic rings. The Morgan fingerprint density at radius 1 is 1.53 bits per heavy atom. The summed E-state index contributed by atoms with van der Waals surface area (Å²) in [5.41, 5.74) is 0.199. The number of nitrogens with zero attached hydrogens (tertiary/aromatic N) is 1. The topological polar surface area (TPSA) is 54.4 Å². The predicted molar refractivity (Wildman–Crippen MR) is 60.2 cm³/mol. The van der Waals surface area contributed by atoms with Gasteiger partial charge in [-0.1, -0.05) is 6.92 Å². The Balaban J connectivity index is 2.51. The Morgan fingerprint density at radius 2 is 2.27 bits per heavy atom. The zero-order valence-electron chi connectivity index (χ0n) is 9.45. The van der Waals surface area contributed by atoms with Gasteiger partial charge in [0.05, 0.1) is 24.6 Å². The molecule has 0 saturated heterocycles. The molecule has 1 rings (SSSR count). The van der Waals surface area contributed by atoms with Gasteiger partial charge in [-0.3, -0.25) is 0 Å². The number of methoxy groups -OCH3 is 1. The van der Waals surface area contributed by atoms with Gasteiger partial charge >= 0.3 is 0 Å². The summed E-state index contributed by atoms with van der Waals surface area (Å²) in [6, 6.07) is 3.65. The maximum atomic E-state index is 9.78. The van der Waals surface area contributed by atoms with E-state index in [2.05, 4.69) is 10.3 Å². The van der Waals surface area contributed by atoms with Crippen molar-refractivity contribution in [1.82, 2.24) is 4.98 Å². The van der Waals surface area contributed by atoms with Crippen LogP contribution in [0.1, 0.15) is 20.3 Å². The molecule has 1 atom stereocenters. The van der Waals surface area contributed by atoms with E-state index >= 15 is 0 Å². The van der Waals surface area contributed by atoms with E-state index in [1.54, 1.807) is 26.3 Å². The number of ether oxygens (including phenoxy) is 1. The highest BCUT2D eigenvalue weighted by molar-refractivity contribution is 5.42. The van der Waals surface area contributed by atoms with Crippen LogP contribution < -0.4 is 10.1 Å². The average Bonchev–Trinajstić information content (AvgIpc) is 2.27. The lowest BCUT2D eigenvalue weighted by Gasteiger charge is -2.22. The van der Waals surface area contributed by atoms with Gasteiger partial charge in [-0.25, -0.2) is 4.98 Å². The van der Waals surface area contributed by atoms with Gasteiger partial charge in [0.2, 0.25) is 5.88 Å². The lowest BCUT2D eigenvalue weighted by atomic mass is 10.0. The standard InChI is InChI=1S/C11H18N2O2/c1-4-11(2,14)8-13-9-5-6-10(15-3)12-7-9/h5-7,13-14H,4,8H2,1-3H3. The molecule has 1 aromatic heterocycles. The summed E-state index contributed by atoms with van der Waals surface area (Å²) in [5, 5.41) is 12.9. The SMILES string of the molecule is CCC(C)(O)CNc1ccc(OC)nc1. The monoisotopic (exact) mass is 210 g/mol. The van der Waals surface area contributed by atoms with Crippen LogP contribution in [0.3, 0.4) is 0 Å². The molecule has 1 heterocycles. The summed E-state index contributed by atoms with van der Waals surface area (Å²) >= 11 is 0. The molecule has 0 bridgehead atoms.